The maximum atomic E-state index is 2.27. The third-order valence-corrected chi connectivity index (χ3v) is 6.94. The molecule has 0 saturated heterocycles. The van der Waals surface area contributed by atoms with Crippen LogP contribution in [0.5, 0.6) is 0 Å². The minimum Gasteiger partial charge on any atom is -0.141 e. The summed E-state index contributed by atoms with van der Waals surface area (Å²) in [6.07, 6.45) is 0. The highest BCUT2D eigenvalue weighted by Crippen LogP contribution is 2.46. The topological polar surface area (TPSA) is 0 Å². The van der Waals surface area contributed by atoms with Crippen molar-refractivity contribution in [2.75, 3.05) is 0 Å². The van der Waals surface area contributed by atoms with Crippen molar-refractivity contribution in [3.63, 3.8) is 0 Å². The highest BCUT2D eigenvalue weighted by molar-refractivity contribution is 7.16. The van der Waals surface area contributed by atoms with E-state index in [9.17, 15) is 0 Å². The molecule has 0 nitrogen and oxygen atoms in total. The summed E-state index contributed by atoms with van der Waals surface area (Å²) in [5.74, 6) is 0. The number of hydrogen-bond acceptors (Lipinski definition) is 2. The maximum Gasteiger partial charge on any atom is 0.0358 e. The molecular weight excluding hydrogens is 352 g/mol. The van der Waals surface area contributed by atoms with Gasteiger partial charge in [0.2, 0.25) is 0 Å². The second-order valence-corrected chi connectivity index (χ2v) is 9.24. The van der Waals surface area contributed by atoms with Crippen LogP contribution in [0.2, 0.25) is 0 Å². The number of thiophene rings is 2. The first-order chi connectivity index (χ1) is 12.7. The minimum absolute atomic E-state index is 1.34. The Morgan fingerprint density at radius 1 is 0.462 bits per heavy atom. The van der Waals surface area contributed by atoms with Crippen LogP contribution in [0.4, 0.5) is 0 Å². The number of rotatable bonds is 2. The van der Waals surface area contributed by atoms with Crippen molar-refractivity contribution in [2.45, 2.75) is 13.8 Å². The molecule has 0 amide bonds. The van der Waals surface area contributed by atoms with Gasteiger partial charge in [0.25, 0.3) is 0 Å². The molecule has 5 rings (SSSR count). The van der Waals surface area contributed by atoms with Crippen molar-refractivity contribution >= 4 is 44.2 Å². The highest BCUT2D eigenvalue weighted by atomic mass is 32.1. The zero-order chi connectivity index (χ0) is 17.7. The Labute approximate surface area is 161 Å². The van der Waals surface area contributed by atoms with Crippen LogP contribution in [0.3, 0.4) is 0 Å². The largest absolute Gasteiger partial charge is 0.141 e. The van der Waals surface area contributed by atoms with Gasteiger partial charge in [-0.05, 0) is 59.7 Å². The highest BCUT2D eigenvalue weighted by Gasteiger charge is 2.17. The molecular formula is C24H18S2. The monoisotopic (exact) mass is 370 g/mol. The van der Waals surface area contributed by atoms with E-state index in [1.165, 1.54) is 52.2 Å². The molecule has 0 radical (unpaired) electrons. The molecule has 0 spiro atoms. The van der Waals surface area contributed by atoms with E-state index in [1.54, 1.807) is 0 Å². The van der Waals surface area contributed by atoms with Crippen LogP contribution in [0.15, 0.2) is 72.8 Å². The van der Waals surface area contributed by atoms with Gasteiger partial charge < -0.3 is 0 Å². The fraction of sp³-hybridized carbons (Fsp3) is 0.0833. The van der Waals surface area contributed by atoms with Crippen molar-refractivity contribution in [2.24, 2.45) is 0 Å². The average Bonchev–Trinajstić information content (AvgIpc) is 3.27. The molecule has 0 atom stereocenters. The summed E-state index contributed by atoms with van der Waals surface area (Å²) in [7, 11) is 0. The third kappa shape index (κ3) is 2.41. The lowest BCUT2D eigenvalue weighted by Crippen LogP contribution is -1.87. The second-order valence-electron chi connectivity index (χ2n) is 6.66. The maximum absolute atomic E-state index is 2.27. The van der Waals surface area contributed by atoms with E-state index in [0.29, 0.717) is 0 Å². The Morgan fingerprint density at radius 3 is 1.08 bits per heavy atom. The standard InChI is InChI=1S/C24H18S2/c1-15-11-13-21(25-15)23-17-7-3-5-9-19(17)24(22-14-12-16(2)26-22)20-10-6-4-8-18(20)23/h3-14H,1-2H3. The zero-order valence-electron chi connectivity index (χ0n) is 14.7. The molecule has 0 aliphatic carbocycles. The van der Waals surface area contributed by atoms with E-state index in [4.69, 9.17) is 0 Å². The first-order valence-corrected chi connectivity index (χ1v) is 10.4. The molecule has 3 aromatic carbocycles. The van der Waals surface area contributed by atoms with Gasteiger partial charge in [-0.2, -0.15) is 0 Å². The lowest BCUT2D eigenvalue weighted by molar-refractivity contribution is 1.64. The molecule has 0 unspecified atom stereocenters. The smallest absolute Gasteiger partial charge is 0.0358 e. The Kier molecular flexibility index (Phi) is 3.70. The minimum atomic E-state index is 1.34. The number of fused-ring (bicyclic) bond motifs is 2. The molecule has 5 aromatic rings. The Balaban J connectivity index is 2.01. The van der Waals surface area contributed by atoms with Crippen molar-refractivity contribution in [3.8, 4) is 20.9 Å². The van der Waals surface area contributed by atoms with E-state index in [-0.39, 0.29) is 0 Å². The van der Waals surface area contributed by atoms with Crippen LogP contribution in [-0.4, -0.2) is 0 Å². The van der Waals surface area contributed by atoms with E-state index >= 15 is 0 Å². The second kappa shape index (κ2) is 6.08. The molecule has 0 fully saturated rings. The lowest BCUT2D eigenvalue weighted by Gasteiger charge is -2.15. The van der Waals surface area contributed by atoms with Gasteiger partial charge in [0.15, 0.2) is 0 Å². The summed E-state index contributed by atoms with van der Waals surface area (Å²) in [5, 5.41) is 5.37. The lowest BCUT2D eigenvalue weighted by atomic mass is 9.90. The molecule has 0 N–H and O–H groups in total. The van der Waals surface area contributed by atoms with Gasteiger partial charge in [-0.1, -0.05) is 48.5 Å². The predicted molar refractivity (Wildman–Crippen MR) is 118 cm³/mol. The van der Waals surface area contributed by atoms with E-state index in [2.05, 4.69) is 86.6 Å². The summed E-state index contributed by atoms with van der Waals surface area (Å²) in [4.78, 5) is 5.41. The summed E-state index contributed by atoms with van der Waals surface area (Å²) in [5.41, 5.74) is 2.73. The number of aryl methyl sites for hydroxylation is 2. The number of benzene rings is 3. The number of hydrogen-bond donors (Lipinski definition) is 0. The molecule has 0 bridgehead atoms. The first kappa shape index (κ1) is 15.8. The quantitative estimate of drug-likeness (QED) is 0.276. The average molecular weight is 371 g/mol. The molecule has 2 heteroatoms. The molecule has 0 saturated carbocycles. The van der Waals surface area contributed by atoms with Gasteiger partial charge in [0.05, 0.1) is 0 Å². The molecule has 2 heterocycles. The summed E-state index contributed by atoms with van der Waals surface area (Å²) in [6, 6.07) is 26.7. The van der Waals surface area contributed by atoms with Gasteiger partial charge in [-0.3, -0.25) is 0 Å². The molecule has 26 heavy (non-hydrogen) atoms. The predicted octanol–water partition coefficient (Wildman–Crippen LogP) is 8.07. The van der Waals surface area contributed by atoms with Crippen LogP contribution < -0.4 is 0 Å². The Morgan fingerprint density at radius 2 is 0.808 bits per heavy atom. The van der Waals surface area contributed by atoms with E-state index in [1.807, 2.05) is 22.7 Å². The van der Waals surface area contributed by atoms with Crippen molar-refractivity contribution in [1.29, 1.82) is 0 Å². The van der Waals surface area contributed by atoms with Crippen LogP contribution in [0.25, 0.3) is 42.4 Å². The van der Waals surface area contributed by atoms with Crippen LogP contribution in [-0.2, 0) is 0 Å². The zero-order valence-corrected chi connectivity index (χ0v) is 16.4. The van der Waals surface area contributed by atoms with Gasteiger partial charge in [-0.25, -0.2) is 0 Å². The van der Waals surface area contributed by atoms with E-state index < -0.39 is 0 Å². The van der Waals surface area contributed by atoms with Crippen LogP contribution in [0, 0.1) is 13.8 Å². The summed E-state index contributed by atoms with van der Waals surface area (Å²) < 4.78 is 0. The molecule has 2 aromatic heterocycles. The Bertz CT molecular complexity index is 1100. The van der Waals surface area contributed by atoms with Gasteiger partial charge in [0.1, 0.15) is 0 Å². The van der Waals surface area contributed by atoms with Gasteiger partial charge in [-0.15, -0.1) is 22.7 Å². The third-order valence-electron chi connectivity index (χ3n) is 4.91. The SMILES string of the molecule is Cc1ccc(-c2c3ccccc3c(-c3ccc(C)s3)c3ccccc23)s1. The van der Waals surface area contributed by atoms with Crippen molar-refractivity contribution < 1.29 is 0 Å². The molecule has 0 aliphatic heterocycles. The van der Waals surface area contributed by atoms with E-state index in [0.717, 1.165) is 0 Å². The van der Waals surface area contributed by atoms with Gasteiger partial charge in [0, 0.05) is 30.6 Å². The summed E-state index contributed by atoms with van der Waals surface area (Å²) in [6.45, 7) is 4.36. The fourth-order valence-corrected chi connectivity index (χ4v) is 5.68. The Hall–Kier alpha value is -2.42. The normalized spacial score (nSPS) is 11.5. The summed E-state index contributed by atoms with van der Waals surface area (Å²) >= 11 is 3.76. The first-order valence-electron chi connectivity index (χ1n) is 8.79. The van der Waals surface area contributed by atoms with Gasteiger partial charge >= 0.3 is 0 Å². The molecule has 0 aliphatic rings. The fourth-order valence-electron chi connectivity index (χ4n) is 3.80. The molecule has 126 valence electrons. The van der Waals surface area contributed by atoms with Crippen molar-refractivity contribution in [3.05, 3.63) is 82.6 Å². The van der Waals surface area contributed by atoms with Crippen LogP contribution >= 0.6 is 22.7 Å². The van der Waals surface area contributed by atoms with Crippen molar-refractivity contribution in [1.82, 2.24) is 0 Å². The van der Waals surface area contributed by atoms with Crippen LogP contribution in [0.1, 0.15) is 9.75 Å².